The average molecular weight is 562 g/mol. The highest BCUT2D eigenvalue weighted by Crippen LogP contribution is 2.19. The molecular weight excluding hydrogens is 526 g/mol. The number of rotatable bonds is 11. The molecule has 0 aromatic heterocycles. The number of carbonyl (C=O) groups is 2. The zero-order valence-electron chi connectivity index (χ0n) is 22.8. The van der Waals surface area contributed by atoms with Gasteiger partial charge < -0.3 is 4.74 Å². The first-order chi connectivity index (χ1) is 19.1. The maximum atomic E-state index is 13.2. The van der Waals surface area contributed by atoms with Gasteiger partial charge in [0.15, 0.2) is 11.6 Å². The Hall–Kier alpha value is -3.85. The van der Waals surface area contributed by atoms with Crippen LogP contribution in [0.4, 0.5) is 0 Å². The van der Waals surface area contributed by atoms with Gasteiger partial charge >= 0.3 is 0 Å². The number of hydrogen-bond donors (Lipinski definition) is 1. The summed E-state index contributed by atoms with van der Waals surface area (Å²) in [7, 11) is -3.67. The molecule has 0 radical (unpaired) electrons. The molecule has 1 aliphatic rings. The van der Waals surface area contributed by atoms with Gasteiger partial charge in [-0.2, -0.15) is 8.42 Å². The second-order valence-corrected chi connectivity index (χ2v) is 11.0. The fraction of sp³-hybridized carbons (Fsp3) is 0.250. The smallest absolute Gasteiger partial charge is 0.261 e. The molecule has 0 bridgehead atoms. The lowest BCUT2D eigenvalue weighted by Gasteiger charge is -2.29. The highest BCUT2D eigenvalue weighted by atomic mass is 32.2. The number of Topliss-reactive ketones (excluding diaryl/α,β-unsaturated/α-hetero) is 1. The van der Waals surface area contributed by atoms with Gasteiger partial charge in [-0.05, 0) is 54.3 Å². The third kappa shape index (κ3) is 11.1. The first-order valence-corrected chi connectivity index (χ1v) is 14.8. The van der Waals surface area contributed by atoms with Gasteiger partial charge in [-0.3, -0.25) is 19.0 Å². The van der Waals surface area contributed by atoms with Crippen LogP contribution in [0.5, 0.6) is 5.75 Å². The molecule has 0 fully saturated rings. The van der Waals surface area contributed by atoms with Crippen LogP contribution in [0.1, 0.15) is 30.0 Å². The SMILES string of the molecule is CC(C(=O)C1=CCC(=O)C=C1)N(CCc1ccc(OCc2ccccc2)cc1)Cc1ccccc1.CS(=O)(=O)O. The molecule has 7 nitrogen and oxygen atoms in total. The van der Waals surface area contributed by atoms with Crippen molar-refractivity contribution in [2.24, 2.45) is 0 Å². The summed E-state index contributed by atoms with van der Waals surface area (Å²) in [5.74, 6) is 0.925. The Balaban J connectivity index is 0.000000810. The predicted octanol–water partition coefficient (Wildman–Crippen LogP) is 5.23. The van der Waals surface area contributed by atoms with Gasteiger partial charge in [0.1, 0.15) is 12.4 Å². The Morgan fingerprint density at radius 2 is 1.48 bits per heavy atom. The van der Waals surface area contributed by atoms with Crippen molar-refractivity contribution in [1.29, 1.82) is 0 Å². The predicted molar refractivity (Wildman–Crippen MR) is 157 cm³/mol. The Labute approximate surface area is 236 Å². The third-order valence-electron chi connectivity index (χ3n) is 6.27. The molecule has 4 rings (SSSR count). The molecular formula is C32H35NO6S. The molecule has 0 amide bonds. The van der Waals surface area contributed by atoms with Crippen LogP contribution in [0.3, 0.4) is 0 Å². The molecule has 0 aliphatic heterocycles. The fourth-order valence-corrected chi connectivity index (χ4v) is 4.11. The zero-order chi connectivity index (χ0) is 29.0. The van der Waals surface area contributed by atoms with E-state index in [1.165, 1.54) is 17.2 Å². The van der Waals surface area contributed by atoms with Gasteiger partial charge in [-0.1, -0.05) is 78.9 Å². The van der Waals surface area contributed by atoms with Crippen molar-refractivity contribution in [3.63, 3.8) is 0 Å². The molecule has 1 N–H and O–H groups in total. The van der Waals surface area contributed by atoms with Crippen LogP contribution >= 0.6 is 0 Å². The van der Waals surface area contributed by atoms with Gasteiger partial charge in [-0.25, -0.2) is 0 Å². The molecule has 1 aliphatic carbocycles. The van der Waals surface area contributed by atoms with Crippen LogP contribution in [0.25, 0.3) is 0 Å². The van der Waals surface area contributed by atoms with Crippen molar-refractivity contribution in [1.82, 2.24) is 4.90 Å². The third-order valence-corrected chi connectivity index (χ3v) is 6.27. The summed E-state index contributed by atoms with van der Waals surface area (Å²) in [5, 5.41) is 0. The van der Waals surface area contributed by atoms with Crippen LogP contribution in [0.2, 0.25) is 0 Å². The molecule has 8 heteroatoms. The van der Waals surface area contributed by atoms with Crippen molar-refractivity contribution in [2.75, 3.05) is 12.8 Å². The number of ether oxygens (including phenoxy) is 1. The lowest BCUT2D eigenvalue weighted by Crippen LogP contribution is -2.40. The molecule has 210 valence electrons. The Morgan fingerprint density at radius 3 is 2.02 bits per heavy atom. The quantitative estimate of drug-likeness (QED) is 0.320. The van der Waals surface area contributed by atoms with E-state index >= 15 is 0 Å². The normalized spacial score (nSPS) is 13.7. The first-order valence-electron chi connectivity index (χ1n) is 13.0. The van der Waals surface area contributed by atoms with E-state index in [0.717, 1.165) is 24.3 Å². The van der Waals surface area contributed by atoms with E-state index < -0.39 is 10.1 Å². The maximum Gasteiger partial charge on any atom is 0.261 e. The fourth-order valence-electron chi connectivity index (χ4n) is 4.11. The van der Waals surface area contributed by atoms with Gasteiger partial charge in [0.25, 0.3) is 10.1 Å². The molecule has 1 unspecified atom stereocenters. The lowest BCUT2D eigenvalue weighted by atomic mass is 9.97. The molecule has 0 saturated carbocycles. The highest BCUT2D eigenvalue weighted by molar-refractivity contribution is 7.85. The number of nitrogens with zero attached hydrogens (tertiary/aromatic N) is 1. The summed E-state index contributed by atoms with van der Waals surface area (Å²) in [5.41, 5.74) is 4.12. The second-order valence-electron chi connectivity index (χ2n) is 9.56. The van der Waals surface area contributed by atoms with E-state index in [9.17, 15) is 18.0 Å². The van der Waals surface area contributed by atoms with Gasteiger partial charge in [0.05, 0.1) is 12.3 Å². The average Bonchev–Trinajstić information content (AvgIpc) is 2.94. The van der Waals surface area contributed by atoms with Crippen LogP contribution in [0, 0.1) is 0 Å². The molecule has 0 saturated heterocycles. The molecule has 0 heterocycles. The molecule has 1 atom stereocenters. The Kier molecular flexibility index (Phi) is 11.6. The summed E-state index contributed by atoms with van der Waals surface area (Å²) in [6.45, 7) is 3.92. The van der Waals surface area contributed by atoms with Crippen LogP contribution in [-0.4, -0.2) is 48.3 Å². The first kappa shape index (κ1) is 30.7. The van der Waals surface area contributed by atoms with E-state index in [2.05, 4.69) is 41.3 Å². The van der Waals surface area contributed by atoms with Crippen LogP contribution in [0.15, 0.2) is 109 Å². The minimum atomic E-state index is -3.67. The highest BCUT2D eigenvalue weighted by Gasteiger charge is 2.24. The van der Waals surface area contributed by atoms with Gasteiger partial charge in [-0.15, -0.1) is 0 Å². The number of carbonyl (C=O) groups excluding carboxylic acids is 2. The number of benzene rings is 3. The van der Waals surface area contributed by atoms with Crippen molar-refractivity contribution in [3.05, 3.63) is 125 Å². The molecule has 3 aromatic carbocycles. The minimum absolute atomic E-state index is 0.0338. The zero-order valence-corrected chi connectivity index (χ0v) is 23.6. The minimum Gasteiger partial charge on any atom is -0.489 e. The van der Waals surface area contributed by atoms with E-state index in [4.69, 9.17) is 9.29 Å². The van der Waals surface area contributed by atoms with E-state index in [0.29, 0.717) is 31.4 Å². The van der Waals surface area contributed by atoms with E-state index in [1.807, 2.05) is 55.5 Å². The summed E-state index contributed by atoms with van der Waals surface area (Å²) in [6.07, 6.45) is 6.73. The lowest BCUT2D eigenvalue weighted by molar-refractivity contribution is -0.120. The number of ketones is 2. The van der Waals surface area contributed by atoms with Crippen molar-refractivity contribution in [3.8, 4) is 5.75 Å². The van der Waals surface area contributed by atoms with E-state index in [-0.39, 0.29) is 17.6 Å². The van der Waals surface area contributed by atoms with Crippen molar-refractivity contribution < 1.29 is 27.3 Å². The number of allylic oxidation sites excluding steroid dienone is 3. The van der Waals surface area contributed by atoms with Crippen LogP contribution < -0.4 is 4.74 Å². The largest absolute Gasteiger partial charge is 0.489 e. The van der Waals surface area contributed by atoms with Gasteiger partial charge in [0, 0.05) is 25.1 Å². The monoisotopic (exact) mass is 561 g/mol. The van der Waals surface area contributed by atoms with Gasteiger partial charge in [0.2, 0.25) is 0 Å². The van der Waals surface area contributed by atoms with Crippen LogP contribution in [-0.2, 0) is 39.3 Å². The van der Waals surface area contributed by atoms with Crippen molar-refractivity contribution >= 4 is 21.7 Å². The van der Waals surface area contributed by atoms with Crippen molar-refractivity contribution in [2.45, 2.75) is 39.0 Å². The Bertz CT molecular complexity index is 1410. The summed E-state index contributed by atoms with van der Waals surface area (Å²) in [4.78, 5) is 26.9. The summed E-state index contributed by atoms with van der Waals surface area (Å²) in [6, 6.07) is 28.2. The molecule has 3 aromatic rings. The Morgan fingerprint density at radius 1 is 0.900 bits per heavy atom. The van der Waals surface area contributed by atoms with E-state index in [1.54, 1.807) is 12.2 Å². The standard InChI is InChI=1S/C31H31NO3.CH4O3S/c1-24(31(34)28-14-16-29(33)17-15-28)32(22-26-8-4-2-5-9-26)21-20-25-12-18-30(19-13-25)35-23-27-10-6-3-7-11-27;1-5(2,3)4/h2-16,18-19,24H,17,20-23H2,1H3;1H3,(H,2,3,4). The second kappa shape index (κ2) is 15.1. The number of hydrogen-bond acceptors (Lipinski definition) is 6. The summed E-state index contributed by atoms with van der Waals surface area (Å²) < 4.78 is 31.8. The summed E-state index contributed by atoms with van der Waals surface area (Å²) >= 11 is 0. The molecule has 0 spiro atoms. The molecule has 40 heavy (non-hydrogen) atoms. The topological polar surface area (TPSA) is 101 Å². The maximum absolute atomic E-state index is 13.2.